The standard InChI is InChI=1S/C23H27N5O4/c1-3-32-22(30)19-20(16-7-9-17(31-2)10-8-16)25-23(26-21(19)29)28-14-12-27(13-15-28)18-6-4-5-11-24-18/h4-11,19-20H,3,12-15H2,1-2H3,(H,25,26,29)/t19-,20-/m1/s1. The molecular formula is C23H27N5O4. The minimum atomic E-state index is -1.04. The van der Waals surface area contributed by atoms with Crippen LogP contribution >= 0.6 is 0 Å². The first-order chi connectivity index (χ1) is 15.6. The van der Waals surface area contributed by atoms with Crippen LogP contribution in [0.1, 0.15) is 18.5 Å². The molecule has 0 bridgehead atoms. The number of guanidine groups is 1. The van der Waals surface area contributed by atoms with Gasteiger partial charge in [-0.15, -0.1) is 0 Å². The van der Waals surface area contributed by atoms with Gasteiger partial charge in [-0.1, -0.05) is 18.2 Å². The molecule has 4 rings (SSSR count). The lowest BCUT2D eigenvalue weighted by Gasteiger charge is -2.39. The van der Waals surface area contributed by atoms with Crippen molar-refractivity contribution in [3.8, 4) is 5.75 Å². The number of hydrogen-bond donors (Lipinski definition) is 1. The molecule has 2 aromatic rings. The van der Waals surface area contributed by atoms with Crippen molar-refractivity contribution >= 4 is 23.7 Å². The van der Waals surface area contributed by atoms with Gasteiger partial charge in [0.25, 0.3) is 0 Å². The van der Waals surface area contributed by atoms with E-state index in [0.717, 1.165) is 24.5 Å². The minimum absolute atomic E-state index is 0.198. The molecule has 0 spiro atoms. The molecule has 0 unspecified atom stereocenters. The summed E-state index contributed by atoms with van der Waals surface area (Å²) in [7, 11) is 1.59. The molecule has 1 saturated heterocycles. The van der Waals surface area contributed by atoms with Gasteiger partial charge in [-0.3, -0.25) is 14.9 Å². The van der Waals surface area contributed by atoms with Crippen LogP contribution in [0, 0.1) is 5.92 Å². The average molecular weight is 438 g/mol. The van der Waals surface area contributed by atoms with E-state index in [-0.39, 0.29) is 6.61 Å². The first kappa shape index (κ1) is 21.6. The van der Waals surface area contributed by atoms with Crippen molar-refractivity contribution in [2.45, 2.75) is 13.0 Å². The van der Waals surface area contributed by atoms with Crippen LogP contribution in [-0.4, -0.2) is 67.6 Å². The van der Waals surface area contributed by atoms with Crippen molar-refractivity contribution in [2.75, 3.05) is 44.8 Å². The number of pyridine rings is 1. The second-order valence-corrected chi connectivity index (χ2v) is 7.55. The largest absolute Gasteiger partial charge is 0.497 e. The summed E-state index contributed by atoms with van der Waals surface area (Å²) in [4.78, 5) is 39.0. The molecule has 0 saturated carbocycles. The number of carbonyl (C=O) groups is 2. The molecule has 9 heteroatoms. The van der Waals surface area contributed by atoms with Crippen LogP contribution in [0.15, 0.2) is 53.7 Å². The number of nitrogens with zero attached hydrogens (tertiary/aromatic N) is 4. The second-order valence-electron chi connectivity index (χ2n) is 7.55. The lowest BCUT2D eigenvalue weighted by molar-refractivity contribution is -0.153. The summed E-state index contributed by atoms with van der Waals surface area (Å²) in [5.41, 5.74) is 0.753. The number of methoxy groups -OCH3 is 1. The number of carbonyl (C=O) groups excluding carboxylic acids is 2. The fourth-order valence-corrected chi connectivity index (χ4v) is 3.95. The van der Waals surface area contributed by atoms with Gasteiger partial charge in [0.15, 0.2) is 5.92 Å². The lowest BCUT2D eigenvalue weighted by atomic mass is 9.91. The normalized spacial score (nSPS) is 20.9. The van der Waals surface area contributed by atoms with Gasteiger partial charge in [0.2, 0.25) is 11.9 Å². The van der Waals surface area contributed by atoms with Crippen molar-refractivity contribution in [2.24, 2.45) is 10.9 Å². The van der Waals surface area contributed by atoms with E-state index >= 15 is 0 Å². The highest BCUT2D eigenvalue weighted by atomic mass is 16.5. The highest BCUT2D eigenvalue weighted by molar-refractivity contribution is 6.08. The van der Waals surface area contributed by atoms with Crippen LogP contribution in [-0.2, 0) is 14.3 Å². The zero-order valence-electron chi connectivity index (χ0n) is 18.2. The fraction of sp³-hybridized carbons (Fsp3) is 0.391. The molecule has 32 heavy (non-hydrogen) atoms. The predicted molar refractivity (Wildman–Crippen MR) is 119 cm³/mol. The lowest BCUT2D eigenvalue weighted by Crippen LogP contribution is -2.57. The van der Waals surface area contributed by atoms with Crippen molar-refractivity contribution < 1.29 is 19.1 Å². The van der Waals surface area contributed by atoms with E-state index in [1.165, 1.54) is 0 Å². The number of ether oxygens (including phenoxy) is 2. The Bertz CT molecular complexity index is 972. The van der Waals surface area contributed by atoms with Gasteiger partial charge < -0.3 is 19.3 Å². The smallest absolute Gasteiger partial charge is 0.321 e. The quantitative estimate of drug-likeness (QED) is 0.561. The zero-order chi connectivity index (χ0) is 22.5. The number of benzene rings is 1. The summed E-state index contributed by atoms with van der Waals surface area (Å²) in [6.07, 6.45) is 1.78. The second kappa shape index (κ2) is 9.67. The van der Waals surface area contributed by atoms with Crippen molar-refractivity contribution in [1.29, 1.82) is 0 Å². The van der Waals surface area contributed by atoms with E-state index in [2.05, 4.69) is 15.2 Å². The Kier molecular flexibility index (Phi) is 6.53. The monoisotopic (exact) mass is 437 g/mol. The average Bonchev–Trinajstić information content (AvgIpc) is 2.84. The number of piperazine rings is 1. The third kappa shape index (κ3) is 4.51. The summed E-state index contributed by atoms with van der Waals surface area (Å²) in [5.74, 6) is 0.0887. The molecule has 2 atom stereocenters. The van der Waals surface area contributed by atoms with Gasteiger partial charge in [-0.05, 0) is 36.8 Å². The molecule has 1 fully saturated rings. The van der Waals surface area contributed by atoms with Crippen molar-refractivity contribution in [3.05, 3.63) is 54.2 Å². The van der Waals surface area contributed by atoms with Gasteiger partial charge in [0.05, 0.1) is 13.7 Å². The fourth-order valence-electron chi connectivity index (χ4n) is 3.95. The number of anilines is 1. The molecule has 0 radical (unpaired) electrons. The molecular weight excluding hydrogens is 410 g/mol. The number of aromatic nitrogens is 1. The molecule has 1 N–H and O–H groups in total. The van der Waals surface area contributed by atoms with Crippen LogP contribution in [0.25, 0.3) is 0 Å². The maximum absolute atomic E-state index is 13.0. The molecule has 1 aromatic heterocycles. The number of nitrogens with one attached hydrogen (secondary N) is 1. The van der Waals surface area contributed by atoms with Gasteiger partial charge in [-0.2, -0.15) is 0 Å². The van der Waals surface area contributed by atoms with Crippen molar-refractivity contribution in [3.63, 3.8) is 0 Å². The van der Waals surface area contributed by atoms with E-state index < -0.39 is 23.8 Å². The number of aliphatic imine (C=N–C) groups is 1. The van der Waals surface area contributed by atoms with Crippen molar-refractivity contribution in [1.82, 2.24) is 15.2 Å². The maximum atomic E-state index is 13.0. The molecule has 1 amide bonds. The molecule has 168 valence electrons. The molecule has 9 nitrogen and oxygen atoms in total. The minimum Gasteiger partial charge on any atom is -0.497 e. The summed E-state index contributed by atoms with van der Waals surface area (Å²) in [5, 5.41) is 2.83. The topological polar surface area (TPSA) is 96.4 Å². The highest BCUT2D eigenvalue weighted by Crippen LogP contribution is 2.32. The van der Waals surface area contributed by atoms with E-state index in [0.29, 0.717) is 24.8 Å². The van der Waals surface area contributed by atoms with Gasteiger partial charge in [0.1, 0.15) is 17.6 Å². The third-order valence-electron chi connectivity index (χ3n) is 5.64. The van der Waals surface area contributed by atoms with Crippen LogP contribution in [0.5, 0.6) is 5.75 Å². The first-order valence-electron chi connectivity index (χ1n) is 10.7. The number of esters is 1. The number of rotatable bonds is 5. The molecule has 3 heterocycles. The predicted octanol–water partition coefficient (Wildman–Crippen LogP) is 1.62. The van der Waals surface area contributed by atoms with Crippen LogP contribution in [0.4, 0.5) is 5.82 Å². The van der Waals surface area contributed by atoms with E-state index in [9.17, 15) is 9.59 Å². The van der Waals surface area contributed by atoms with E-state index in [1.54, 1.807) is 32.4 Å². The van der Waals surface area contributed by atoms with Crippen LogP contribution in [0.2, 0.25) is 0 Å². The van der Waals surface area contributed by atoms with E-state index in [1.807, 2.05) is 35.2 Å². The van der Waals surface area contributed by atoms with E-state index in [4.69, 9.17) is 14.5 Å². The summed E-state index contributed by atoms with van der Waals surface area (Å²) in [6.45, 7) is 4.77. The molecule has 2 aliphatic heterocycles. The van der Waals surface area contributed by atoms with Gasteiger partial charge >= 0.3 is 5.97 Å². The first-order valence-corrected chi connectivity index (χ1v) is 10.7. The van der Waals surface area contributed by atoms with Gasteiger partial charge in [-0.25, -0.2) is 9.98 Å². The summed E-state index contributed by atoms with van der Waals surface area (Å²) >= 11 is 0. The third-order valence-corrected chi connectivity index (χ3v) is 5.64. The van der Waals surface area contributed by atoms with Crippen LogP contribution < -0.4 is 15.0 Å². The molecule has 0 aliphatic carbocycles. The number of amides is 1. The Morgan fingerprint density at radius 1 is 1.09 bits per heavy atom. The Morgan fingerprint density at radius 2 is 1.81 bits per heavy atom. The maximum Gasteiger partial charge on any atom is 0.321 e. The molecule has 1 aromatic carbocycles. The summed E-state index contributed by atoms with van der Waals surface area (Å²) in [6, 6.07) is 12.4. The number of hydrogen-bond acceptors (Lipinski definition) is 8. The van der Waals surface area contributed by atoms with Crippen LogP contribution in [0.3, 0.4) is 0 Å². The SMILES string of the molecule is CCOC(=O)[C@H]1C(=O)NC(N2CCN(c3ccccn3)CC2)=N[C@@H]1c1ccc(OC)cc1. The Balaban J connectivity index is 1.56. The summed E-state index contributed by atoms with van der Waals surface area (Å²) < 4.78 is 10.4. The Hall–Kier alpha value is -3.62. The zero-order valence-corrected chi connectivity index (χ0v) is 18.2. The Labute approximate surface area is 187 Å². The van der Waals surface area contributed by atoms with Gasteiger partial charge in [0, 0.05) is 32.4 Å². The highest BCUT2D eigenvalue weighted by Gasteiger charge is 2.42. The Morgan fingerprint density at radius 3 is 2.44 bits per heavy atom. The molecule has 2 aliphatic rings.